The van der Waals surface area contributed by atoms with Crippen molar-refractivity contribution in [3.05, 3.63) is 15.9 Å². The minimum atomic E-state index is -2.94. The zero-order valence-corrected chi connectivity index (χ0v) is 13.6. The van der Waals surface area contributed by atoms with Crippen molar-refractivity contribution in [3.8, 4) is 0 Å². The number of rotatable bonds is 6. The van der Waals surface area contributed by atoms with Gasteiger partial charge in [0.05, 0.1) is 21.6 Å². The number of hydrogen-bond acceptors (Lipinski definition) is 4. The van der Waals surface area contributed by atoms with Gasteiger partial charge in [0.2, 0.25) is 0 Å². The number of nitrogens with one attached hydrogen (secondary N) is 1. The van der Waals surface area contributed by atoms with Crippen molar-refractivity contribution in [2.24, 2.45) is 0 Å². The lowest BCUT2D eigenvalue weighted by atomic mass is 10.3. The maximum absolute atomic E-state index is 11.2. The second kappa shape index (κ2) is 6.16. The topological polar surface area (TPSA) is 64.0 Å². The van der Waals surface area contributed by atoms with E-state index in [-0.39, 0.29) is 11.8 Å². The highest BCUT2D eigenvalue weighted by molar-refractivity contribution is 9.10. The Labute approximate surface area is 117 Å². The molecule has 0 aliphatic heterocycles. The van der Waals surface area contributed by atoms with Gasteiger partial charge in [-0.3, -0.25) is 4.68 Å². The molecule has 18 heavy (non-hydrogen) atoms. The van der Waals surface area contributed by atoms with Crippen LogP contribution in [0.3, 0.4) is 0 Å². The van der Waals surface area contributed by atoms with E-state index in [0.29, 0.717) is 6.54 Å². The lowest BCUT2D eigenvalue weighted by Crippen LogP contribution is -2.33. The van der Waals surface area contributed by atoms with Gasteiger partial charge in [0.1, 0.15) is 9.84 Å². The van der Waals surface area contributed by atoms with Crippen LogP contribution in [0.1, 0.15) is 25.2 Å². The average molecular weight is 338 g/mol. The van der Waals surface area contributed by atoms with Crippen LogP contribution in [-0.4, -0.2) is 36.2 Å². The molecule has 7 heteroatoms. The van der Waals surface area contributed by atoms with E-state index in [4.69, 9.17) is 0 Å². The van der Waals surface area contributed by atoms with Gasteiger partial charge < -0.3 is 5.32 Å². The maximum atomic E-state index is 11.2. The summed E-state index contributed by atoms with van der Waals surface area (Å²) in [6, 6.07) is -0.0765. The molecule has 0 bridgehead atoms. The quantitative estimate of drug-likeness (QED) is 0.854. The van der Waals surface area contributed by atoms with E-state index in [9.17, 15) is 8.42 Å². The Balaban J connectivity index is 2.69. The van der Waals surface area contributed by atoms with E-state index in [1.165, 1.54) is 6.26 Å². The van der Waals surface area contributed by atoms with E-state index >= 15 is 0 Å². The SMILES string of the molecule is CCn1nc(C)c(Br)c1CNC(C)CS(C)(=O)=O. The third-order valence-electron chi connectivity index (χ3n) is 2.62. The van der Waals surface area contributed by atoms with Crippen LogP contribution in [0, 0.1) is 6.92 Å². The van der Waals surface area contributed by atoms with Gasteiger partial charge in [-0.25, -0.2) is 8.42 Å². The molecule has 0 aliphatic carbocycles. The first-order valence-electron chi connectivity index (χ1n) is 5.87. The van der Waals surface area contributed by atoms with Crippen molar-refractivity contribution >= 4 is 25.8 Å². The minimum absolute atomic E-state index is 0.0765. The molecule has 0 saturated heterocycles. The Hall–Kier alpha value is -0.400. The van der Waals surface area contributed by atoms with Crippen molar-refractivity contribution < 1.29 is 8.42 Å². The number of aromatic nitrogens is 2. The molecule has 1 rings (SSSR count). The smallest absolute Gasteiger partial charge is 0.148 e. The highest BCUT2D eigenvalue weighted by Gasteiger charge is 2.14. The van der Waals surface area contributed by atoms with Crippen LogP contribution in [0.5, 0.6) is 0 Å². The molecule has 0 spiro atoms. The molecule has 0 saturated carbocycles. The monoisotopic (exact) mass is 337 g/mol. The molecule has 104 valence electrons. The van der Waals surface area contributed by atoms with Gasteiger partial charge in [0.25, 0.3) is 0 Å². The summed E-state index contributed by atoms with van der Waals surface area (Å²) >= 11 is 3.51. The molecule has 1 aromatic rings. The first-order chi connectivity index (χ1) is 8.24. The Kier molecular flexibility index (Phi) is 5.36. The molecule has 1 unspecified atom stereocenters. The van der Waals surface area contributed by atoms with Crippen molar-refractivity contribution in [2.45, 2.75) is 39.9 Å². The minimum Gasteiger partial charge on any atom is -0.308 e. The van der Waals surface area contributed by atoms with Crippen LogP contribution in [-0.2, 0) is 22.9 Å². The summed E-state index contributed by atoms with van der Waals surface area (Å²) in [6.45, 7) is 7.24. The molecule has 0 radical (unpaired) electrons. The van der Waals surface area contributed by atoms with Crippen LogP contribution < -0.4 is 5.32 Å². The third kappa shape index (κ3) is 4.37. The Morgan fingerprint density at radius 2 is 2.11 bits per heavy atom. The summed E-state index contributed by atoms with van der Waals surface area (Å²) in [4.78, 5) is 0. The number of aryl methyl sites for hydroxylation is 2. The van der Waals surface area contributed by atoms with Crippen LogP contribution in [0.15, 0.2) is 4.47 Å². The van der Waals surface area contributed by atoms with Crippen molar-refractivity contribution in [1.29, 1.82) is 0 Å². The summed E-state index contributed by atoms with van der Waals surface area (Å²) in [6.07, 6.45) is 1.25. The predicted octanol–water partition coefficient (Wildman–Crippen LogP) is 1.50. The van der Waals surface area contributed by atoms with Crippen LogP contribution in [0.25, 0.3) is 0 Å². The second-order valence-electron chi connectivity index (χ2n) is 4.54. The van der Waals surface area contributed by atoms with Crippen molar-refractivity contribution in [1.82, 2.24) is 15.1 Å². The number of sulfone groups is 1. The number of halogens is 1. The molecule has 1 atom stereocenters. The van der Waals surface area contributed by atoms with Crippen LogP contribution >= 0.6 is 15.9 Å². The molecule has 0 fully saturated rings. The van der Waals surface area contributed by atoms with E-state index < -0.39 is 9.84 Å². The number of nitrogens with zero attached hydrogens (tertiary/aromatic N) is 2. The molecule has 1 heterocycles. The molecule has 0 amide bonds. The molecule has 0 aliphatic rings. The normalized spacial score (nSPS) is 13.8. The molecular weight excluding hydrogens is 318 g/mol. The summed E-state index contributed by atoms with van der Waals surface area (Å²) in [5, 5.41) is 7.61. The van der Waals surface area contributed by atoms with Gasteiger partial charge in [-0.1, -0.05) is 0 Å². The highest BCUT2D eigenvalue weighted by Crippen LogP contribution is 2.20. The van der Waals surface area contributed by atoms with Crippen LogP contribution in [0.4, 0.5) is 0 Å². The second-order valence-corrected chi connectivity index (χ2v) is 7.51. The fourth-order valence-corrected chi connectivity index (χ4v) is 3.27. The predicted molar refractivity (Wildman–Crippen MR) is 76.4 cm³/mol. The Morgan fingerprint density at radius 3 is 2.61 bits per heavy atom. The van der Waals surface area contributed by atoms with Gasteiger partial charge in [-0.2, -0.15) is 5.10 Å². The standard InChI is InChI=1S/C11H20BrN3O2S/c1-5-15-10(11(12)9(3)14-15)6-13-8(2)7-18(4,16)17/h8,13H,5-7H2,1-4H3. The number of hydrogen-bond donors (Lipinski definition) is 1. The van der Waals surface area contributed by atoms with Gasteiger partial charge >= 0.3 is 0 Å². The summed E-state index contributed by atoms with van der Waals surface area (Å²) in [5.41, 5.74) is 2.00. The zero-order valence-electron chi connectivity index (χ0n) is 11.2. The highest BCUT2D eigenvalue weighted by atomic mass is 79.9. The molecular formula is C11H20BrN3O2S. The fourth-order valence-electron chi connectivity index (χ4n) is 1.82. The summed E-state index contributed by atoms with van der Waals surface area (Å²) in [7, 11) is -2.94. The first kappa shape index (κ1) is 15.7. The van der Waals surface area contributed by atoms with Crippen LogP contribution in [0.2, 0.25) is 0 Å². The summed E-state index contributed by atoms with van der Waals surface area (Å²) in [5.74, 6) is 0.143. The molecule has 1 aromatic heterocycles. The molecule has 0 aromatic carbocycles. The lowest BCUT2D eigenvalue weighted by molar-refractivity contribution is 0.530. The first-order valence-corrected chi connectivity index (χ1v) is 8.72. The summed E-state index contributed by atoms with van der Waals surface area (Å²) < 4.78 is 25.3. The third-order valence-corrected chi connectivity index (χ3v) is 4.76. The van der Waals surface area contributed by atoms with E-state index in [2.05, 4.69) is 26.3 Å². The van der Waals surface area contributed by atoms with Crippen molar-refractivity contribution in [3.63, 3.8) is 0 Å². The van der Waals surface area contributed by atoms with E-state index in [1.807, 2.05) is 25.5 Å². The Bertz CT molecular complexity index is 511. The van der Waals surface area contributed by atoms with E-state index in [0.717, 1.165) is 22.4 Å². The molecule has 1 N–H and O–H groups in total. The van der Waals surface area contributed by atoms with Gasteiger partial charge in [0.15, 0.2) is 0 Å². The average Bonchev–Trinajstić information content (AvgIpc) is 2.50. The zero-order chi connectivity index (χ0) is 13.9. The largest absolute Gasteiger partial charge is 0.308 e. The van der Waals surface area contributed by atoms with E-state index in [1.54, 1.807) is 0 Å². The lowest BCUT2D eigenvalue weighted by Gasteiger charge is -2.13. The fraction of sp³-hybridized carbons (Fsp3) is 0.727. The van der Waals surface area contributed by atoms with Crippen molar-refractivity contribution in [2.75, 3.05) is 12.0 Å². The Morgan fingerprint density at radius 1 is 1.50 bits per heavy atom. The van der Waals surface area contributed by atoms with Gasteiger partial charge in [-0.15, -0.1) is 0 Å². The maximum Gasteiger partial charge on any atom is 0.148 e. The molecule has 5 nitrogen and oxygen atoms in total. The van der Waals surface area contributed by atoms with Gasteiger partial charge in [0, 0.05) is 25.4 Å². The van der Waals surface area contributed by atoms with Gasteiger partial charge in [-0.05, 0) is 36.7 Å².